The van der Waals surface area contributed by atoms with Crippen LogP contribution in [-0.2, 0) is 9.53 Å². The van der Waals surface area contributed by atoms with Gasteiger partial charge >= 0.3 is 0 Å². The number of ether oxygens (including phenoxy) is 1. The third kappa shape index (κ3) is 7.60. The molecule has 2 aliphatic heterocycles. The van der Waals surface area contributed by atoms with Crippen LogP contribution in [0.5, 0.6) is 0 Å². The van der Waals surface area contributed by atoms with Crippen LogP contribution in [0.25, 0.3) is 0 Å². The van der Waals surface area contributed by atoms with E-state index in [2.05, 4.69) is 36.1 Å². The first kappa shape index (κ1) is 23.2. The Bertz CT molecular complexity index is 726. The highest BCUT2D eigenvalue weighted by Crippen LogP contribution is 2.15. The van der Waals surface area contributed by atoms with Crippen LogP contribution in [-0.4, -0.2) is 85.3 Å². The first-order chi connectivity index (χ1) is 15.1. The molecule has 172 valence electrons. The minimum absolute atomic E-state index is 0.113. The van der Waals surface area contributed by atoms with Crippen LogP contribution in [0.1, 0.15) is 42.5 Å². The summed E-state index contributed by atoms with van der Waals surface area (Å²) in [7, 11) is 0. The number of carbonyl (C=O) groups excluding carboxylic acids is 2. The quantitative estimate of drug-likeness (QED) is 0.434. The van der Waals surface area contributed by atoms with Crippen LogP contribution in [0, 0.1) is 0 Å². The number of rotatable bonds is 3. The van der Waals surface area contributed by atoms with Gasteiger partial charge in [-0.25, -0.2) is 4.98 Å². The number of morpholine rings is 1. The van der Waals surface area contributed by atoms with Gasteiger partial charge in [-0.05, 0) is 32.1 Å². The Balaban J connectivity index is 1.64. The van der Waals surface area contributed by atoms with Crippen molar-refractivity contribution in [3.05, 3.63) is 11.8 Å². The molecule has 11 nitrogen and oxygen atoms in total. The van der Waals surface area contributed by atoms with Crippen molar-refractivity contribution >= 4 is 23.6 Å². The second kappa shape index (κ2) is 12.4. The van der Waals surface area contributed by atoms with Gasteiger partial charge in [-0.2, -0.15) is 4.98 Å². The molecule has 11 heteroatoms. The van der Waals surface area contributed by atoms with E-state index in [1.807, 2.05) is 0 Å². The predicted molar refractivity (Wildman–Crippen MR) is 118 cm³/mol. The molecule has 1 saturated heterocycles. The number of nitrogens with one attached hydrogen (secondary N) is 4. The molecule has 31 heavy (non-hydrogen) atoms. The molecule has 0 aromatic carbocycles. The number of hydrogen-bond acceptors (Lipinski definition) is 9. The zero-order valence-electron chi connectivity index (χ0n) is 18.0. The summed E-state index contributed by atoms with van der Waals surface area (Å²) in [4.78, 5) is 35.8. The molecule has 0 saturated carbocycles. The van der Waals surface area contributed by atoms with Crippen molar-refractivity contribution in [2.75, 3.05) is 63.2 Å². The minimum Gasteiger partial charge on any atom is -0.379 e. The van der Waals surface area contributed by atoms with Gasteiger partial charge in [-0.3, -0.25) is 14.5 Å². The van der Waals surface area contributed by atoms with E-state index >= 15 is 0 Å². The molecule has 0 aliphatic carbocycles. The molecular formula is C20H34N8O3. The summed E-state index contributed by atoms with van der Waals surface area (Å²) in [5.74, 6) is 0.621. The largest absolute Gasteiger partial charge is 0.379 e. The standard InChI is InChI=1S/C20H34N8O3/c21-16-5-4-8-22-17-15(18(29)26-14-28-9-11-31-12-10-28)13-25-20(27-17)24-7-3-1-2-6-23-19(16)30/h13,16H,1-12,14,21H2,(H,23,30)(H,26,29)(H2,22,24,25,27)/t16-/m0/s1. The van der Waals surface area contributed by atoms with Crippen LogP contribution in [0.4, 0.5) is 11.8 Å². The number of fused-ring (bicyclic) bond motifs is 2. The number of nitrogens with zero attached hydrogens (tertiary/aromatic N) is 3. The zero-order chi connectivity index (χ0) is 21.9. The number of anilines is 2. The second-order valence-electron chi connectivity index (χ2n) is 7.80. The lowest BCUT2D eigenvalue weighted by molar-refractivity contribution is -0.122. The minimum atomic E-state index is -0.534. The lowest BCUT2D eigenvalue weighted by Crippen LogP contribution is -2.44. The van der Waals surface area contributed by atoms with Gasteiger partial charge in [-0.1, -0.05) is 0 Å². The van der Waals surface area contributed by atoms with E-state index < -0.39 is 6.04 Å². The first-order valence-corrected chi connectivity index (χ1v) is 11.1. The van der Waals surface area contributed by atoms with Crippen molar-refractivity contribution in [2.24, 2.45) is 5.73 Å². The summed E-state index contributed by atoms with van der Waals surface area (Å²) in [6, 6.07) is -0.534. The third-order valence-corrected chi connectivity index (χ3v) is 5.36. The number of amides is 2. The molecular weight excluding hydrogens is 400 g/mol. The summed E-state index contributed by atoms with van der Waals surface area (Å²) >= 11 is 0. The smallest absolute Gasteiger partial charge is 0.257 e. The van der Waals surface area contributed by atoms with Crippen molar-refractivity contribution in [3.8, 4) is 0 Å². The number of carbonyl (C=O) groups is 2. The summed E-state index contributed by atoms with van der Waals surface area (Å²) in [5.41, 5.74) is 6.37. The Kier molecular flexibility index (Phi) is 9.25. The van der Waals surface area contributed by atoms with Crippen molar-refractivity contribution in [1.29, 1.82) is 0 Å². The molecule has 1 aromatic rings. The van der Waals surface area contributed by atoms with Crippen molar-refractivity contribution in [3.63, 3.8) is 0 Å². The molecule has 1 fully saturated rings. The maximum Gasteiger partial charge on any atom is 0.257 e. The van der Waals surface area contributed by atoms with E-state index in [0.29, 0.717) is 63.1 Å². The van der Waals surface area contributed by atoms with Gasteiger partial charge in [-0.15, -0.1) is 0 Å². The average Bonchev–Trinajstić information content (AvgIpc) is 2.79. The summed E-state index contributed by atoms with van der Waals surface area (Å²) < 4.78 is 5.34. The Morgan fingerprint density at radius 1 is 1.13 bits per heavy atom. The van der Waals surface area contributed by atoms with E-state index in [1.54, 1.807) is 6.20 Å². The van der Waals surface area contributed by atoms with E-state index in [4.69, 9.17) is 10.5 Å². The normalized spacial score (nSPS) is 22.0. The van der Waals surface area contributed by atoms with Crippen LogP contribution in [0.15, 0.2) is 6.20 Å². The number of aromatic nitrogens is 2. The van der Waals surface area contributed by atoms with Crippen molar-refractivity contribution in [2.45, 2.75) is 38.1 Å². The lowest BCUT2D eigenvalue weighted by Gasteiger charge is -2.26. The maximum atomic E-state index is 12.8. The van der Waals surface area contributed by atoms with Crippen LogP contribution >= 0.6 is 0 Å². The Hall–Kier alpha value is -2.50. The first-order valence-electron chi connectivity index (χ1n) is 11.1. The molecule has 0 radical (unpaired) electrons. The fourth-order valence-electron chi connectivity index (χ4n) is 3.44. The highest BCUT2D eigenvalue weighted by molar-refractivity contribution is 5.98. The Labute approximate surface area is 182 Å². The third-order valence-electron chi connectivity index (χ3n) is 5.36. The molecule has 6 N–H and O–H groups in total. The molecule has 3 heterocycles. The molecule has 2 aliphatic rings. The summed E-state index contributed by atoms with van der Waals surface area (Å²) in [5, 5.41) is 12.3. The molecule has 3 rings (SSSR count). The fraction of sp³-hybridized carbons (Fsp3) is 0.700. The maximum absolute atomic E-state index is 12.8. The lowest BCUT2D eigenvalue weighted by atomic mass is 10.1. The van der Waals surface area contributed by atoms with Gasteiger partial charge in [0.2, 0.25) is 11.9 Å². The fourth-order valence-corrected chi connectivity index (χ4v) is 3.44. The molecule has 1 aromatic heterocycles. The van der Waals surface area contributed by atoms with Gasteiger partial charge < -0.3 is 31.7 Å². The highest BCUT2D eigenvalue weighted by Gasteiger charge is 2.18. The average molecular weight is 435 g/mol. The predicted octanol–water partition coefficient (Wildman–Crippen LogP) is -0.272. The van der Waals surface area contributed by atoms with Gasteiger partial charge in [0.05, 0.1) is 25.9 Å². The Morgan fingerprint density at radius 2 is 1.87 bits per heavy atom. The molecule has 2 bridgehead atoms. The Morgan fingerprint density at radius 3 is 2.68 bits per heavy atom. The van der Waals surface area contributed by atoms with Gasteiger partial charge in [0.25, 0.3) is 5.91 Å². The van der Waals surface area contributed by atoms with Gasteiger partial charge in [0.1, 0.15) is 11.4 Å². The van der Waals surface area contributed by atoms with E-state index in [1.165, 1.54) is 0 Å². The number of hydrogen-bond donors (Lipinski definition) is 5. The van der Waals surface area contributed by atoms with Gasteiger partial charge in [0, 0.05) is 38.9 Å². The molecule has 0 spiro atoms. The van der Waals surface area contributed by atoms with Crippen LogP contribution in [0.3, 0.4) is 0 Å². The SMILES string of the molecule is N[C@H]1CCCNc2nc(ncc2C(=O)NCN2CCOCC2)NCCCCCNC1=O. The zero-order valence-corrected chi connectivity index (χ0v) is 18.0. The monoisotopic (exact) mass is 434 g/mol. The summed E-state index contributed by atoms with van der Waals surface area (Å²) in [6.07, 6.45) is 5.57. The second-order valence-corrected chi connectivity index (χ2v) is 7.80. The summed E-state index contributed by atoms with van der Waals surface area (Å²) in [6.45, 7) is 5.28. The van der Waals surface area contributed by atoms with Crippen molar-refractivity contribution in [1.82, 2.24) is 25.5 Å². The van der Waals surface area contributed by atoms with Crippen molar-refractivity contribution < 1.29 is 14.3 Å². The molecule has 0 unspecified atom stereocenters. The molecule has 2 amide bonds. The molecule has 1 atom stereocenters. The van der Waals surface area contributed by atoms with E-state index in [-0.39, 0.29) is 11.8 Å². The van der Waals surface area contributed by atoms with E-state index in [0.717, 1.165) is 38.9 Å². The topological polar surface area (TPSA) is 147 Å². The van der Waals surface area contributed by atoms with E-state index in [9.17, 15) is 9.59 Å². The number of nitrogens with two attached hydrogens (primary N) is 1. The van der Waals surface area contributed by atoms with Gasteiger partial charge in [0.15, 0.2) is 0 Å². The van der Waals surface area contributed by atoms with Crippen LogP contribution < -0.4 is 27.0 Å². The highest BCUT2D eigenvalue weighted by atomic mass is 16.5. The van der Waals surface area contributed by atoms with Crippen LogP contribution in [0.2, 0.25) is 0 Å².